The lowest BCUT2D eigenvalue weighted by Crippen LogP contribution is -2.46. The number of nitrogens with one attached hydrogen (secondary N) is 1. The fraction of sp³-hybridized carbons (Fsp3) is 0.333. The zero-order valence-corrected chi connectivity index (χ0v) is 14.8. The highest BCUT2D eigenvalue weighted by Crippen LogP contribution is 2.36. The number of carbonyl (C=O) groups is 3. The second-order valence-electron chi connectivity index (χ2n) is 6.50. The number of rotatable bonds is 3. The van der Waals surface area contributed by atoms with Gasteiger partial charge in [0.1, 0.15) is 11.9 Å². The van der Waals surface area contributed by atoms with E-state index in [1.807, 2.05) is 12.2 Å². The number of hydrogen-bond donors (Lipinski definition) is 1. The van der Waals surface area contributed by atoms with Crippen molar-refractivity contribution in [1.29, 1.82) is 0 Å². The van der Waals surface area contributed by atoms with E-state index >= 15 is 0 Å². The molecule has 2 unspecified atom stereocenters. The lowest BCUT2D eigenvalue weighted by atomic mass is 9.85. The number of halogens is 1. The summed E-state index contributed by atoms with van der Waals surface area (Å²) in [6.07, 6.45) is 4.87. The van der Waals surface area contributed by atoms with Gasteiger partial charge in [0.15, 0.2) is 5.13 Å². The molecular weight excluding hydrogens is 357 g/mol. The Bertz CT molecular complexity index is 928. The number of carbonyl (C=O) groups excluding carboxylic acids is 3. The first kappa shape index (κ1) is 16.8. The Kier molecular flexibility index (Phi) is 4.07. The van der Waals surface area contributed by atoms with E-state index in [0.29, 0.717) is 28.2 Å². The first-order valence-corrected chi connectivity index (χ1v) is 9.16. The van der Waals surface area contributed by atoms with Crippen molar-refractivity contribution in [2.75, 3.05) is 5.32 Å². The van der Waals surface area contributed by atoms with Crippen molar-refractivity contribution in [3.8, 4) is 0 Å². The van der Waals surface area contributed by atoms with Gasteiger partial charge in [-0.25, -0.2) is 9.37 Å². The van der Waals surface area contributed by atoms with Gasteiger partial charge in [-0.3, -0.25) is 19.3 Å². The molecule has 26 heavy (non-hydrogen) atoms. The number of allylic oxidation sites excluding steroid dienone is 2. The van der Waals surface area contributed by atoms with Crippen LogP contribution in [0, 0.1) is 17.7 Å². The Balaban J connectivity index is 1.52. The van der Waals surface area contributed by atoms with E-state index in [-0.39, 0.29) is 29.5 Å². The lowest BCUT2D eigenvalue weighted by Gasteiger charge is -2.21. The van der Waals surface area contributed by atoms with Crippen LogP contribution in [0.15, 0.2) is 30.4 Å². The van der Waals surface area contributed by atoms with Crippen LogP contribution in [-0.2, 0) is 14.4 Å². The molecule has 6 nitrogen and oxygen atoms in total. The molecule has 4 rings (SSSR count). The van der Waals surface area contributed by atoms with E-state index in [1.54, 1.807) is 0 Å². The minimum absolute atomic E-state index is 0.293. The standard InChI is InChI=1S/C18H16FN3O3S/c1-9(22-16(24)11-4-2-3-5-12(11)17(22)25)15(23)21-18-20-13-7-6-10(19)8-14(13)26-18/h2-3,6-9,11-12H,4-5H2,1H3,(H,20,21,23)/t9-,11?,12?/m0/s1. The maximum Gasteiger partial charge on any atom is 0.249 e. The van der Waals surface area contributed by atoms with Crippen molar-refractivity contribution in [2.24, 2.45) is 11.8 Å². The van der Waals surface area contributed by atoms with Crippen LogP contribution < -0.4 is 5.32 Å². The molecule has 0 saturated carbocycles. The van der Waals surface area contributed by atoms with E-state index in [9.17, 15) is 18.8 Å². The van der Waals surface area contributed by atoms with E-state index in [4.69, 9.17) is 0 Å². The van der Waals surface area contributed by atoms with Gasteiger partial charge >= 0.3 is 0 Å². The zero-order valence-electron chi connectivity index (χ0n) is 13.9. The highest BCUT2D eigenvalue weighted by Gasteiger charge is 2.50. The van der Waals surface area contributed by atoms with Gasteiger partial charge in [0, 0.05) is 0 Å². The average molecular weight is 373 g/mol. The SMILES string of the molecule is C[C@@H](C(=O)Nc1nc2ccc(F)cc2s1)N1C(=O)C2CC=CCC2C1=O. The maximum absolute atomic E-state index is 13.3. The highest BCUT2D eigenvalue weighted by atomic mass is 32.1. The van der Waals surface area contributed by atoms with Gasteiger partial charge in [-0.15, -0.1) is 0 Å². The van der Waals surface area contributed by atoms with Gasteiger partial charge in [0.2, 0.25) is 17.7 Å². The molecule has 134 valence electrons. The number of imide groups is 1. The third-order valence-corrected chi connectivity index (χ3v) is 5.82. The Morgan fingerprint density at radius 1 is 1.27 bits per heavy atom. The predicted molar refractivity (Wildman–Crippen MR) is 94.9 cm³/mol. The summed E-state index contributed by atoms with van der Waals surface area (Å²) in [4.78, 5) is 43.0. The van der Waals surface area contributed by atoms with Crippen molar-refractivity contribution in [2.45, 2.75) is 25.8 Å². The molecule has 2 heterocycles. The number of benzene rings is 1. The van der Waals surface area contributed by atoms with E-state index in [2.05, 4.69) is 10.3 Å². The molecule has 1 aromatic heterocycles. The molecule has 8 heteroatoms. The summed E-state index contributed by atoms with van der Waals surface area (Å²) in [5, 5.41) is 2.94. The molecule has 1 saturated heterocycles. The molecule has 0 radical (unpaired) electrons. The van der Waals surface area contributed by atoms with Gasteiger partial charge in [-0.2, -0.15) is 0 Å². The van der Waals surface area contributed by atoms with Gasteiger partial charge < -0.3 is 5.32 Å². The smallest absolute Gasteiger partial charge is 0.249 e. The molecule has 2 aliphatic rings. The van der Waals surface area contributed by atoms with Gasteiger partial charge in [-0.05, 0) is 38.0 Å². The van der Waals surface area contributed by atoms with E-state index in [0.717, 1.165) is 16.2 Å². The predicted octanol–water partition coefficient (Wildman–Crippen LogP) is 2.71. The second-order valence-corrected chi connectivity index (χ2v) is 7.53. The second kappa shape index (κ2) is 6.28. The fourth-order valence-corrected chi connectivity index (χ4v) is 4.38. The number of hydrogen-bond acceptors (Lipinski definition) is 5. The van der Waals surface area contributed by atoms with E-state index < -0.39 is 11.9 Å². The number of nitrogens with zero attached hydrogens (tertiary/aromatic N) is 2. The number of likely N-dealkylation sites (tertiary alicyclic amines) is 1. The van der Waals surface area contributed by atoms with Crippen LogP contribution in [0.4, 0.5) is 9.52 Å². The van der Waals surface area contributed by atoms with Crippen molar-refractivity contribution >= 4 is 44.4 Å². The fourth-order valence-electron chi connectivity index (χ4n) is 3.49. The topological polar surface area (TPSA) is 79.4 Å². The number of anilines is 1. The molecule has 1 aliphatic heterocycles. The minimum Gasteiger partial charge on any atom is -0.300 e. The van der Waals surface area contributed by atoms with Crippen LogP contribution in [-0.4, -0.2) is 33.6 Å². The summed E-state index contributed by atoms with van der Waals surface area (Å²) < 4.78 is 13.9. The summed E-state index contributed by atoms with van der Waals surface area (Å²) >= 11 is 1.14. The number of amides is 3. The molecule has 1 aliphatic carbocycles. The van der Waals surface area contributed by atoms with Crippen LogP contribution in [0.3, 0.4) is 0 Å². The number of fused-ring (bicyclic) bond motifs is 2. The van der Waals surface area contributed by atoms with Crippen molar-refractivity contribution in [1.82, 2.24) is 9.88 Å². The van der Waals surface area contributed by atoms with Gasteiger partial charge in [0.25, 0.3) is 0 Å². The third-order valence-electron chi connectivity index (χ3n) is 4.89. The molecule has 2 aromatic rings. The number of thiazole rings is 1. The molecule has 3 atom stereocenters. The molecular formula is C18H16FN3O3S. The van der Waals surface area contributed by atoms with Crippen LogP contribution in [0.2, 0.25) is 0 Å². The first-order valence-electron chi connectivity index (χ1n) is 8.34. The Labute approximate surface area is 152 Å². The van der Waals surface area contributed by atoms with Crippen molar-refractivity contribution in [3.05, 3.63) is 36.2 Å². The number of aromatic nitrogens is 1. The molecule has 0 bridgehead atoms. The minimum atomic E-state index is -0.927. The Hall–Kier alpha value is -2.61. The van der Waals surface area contributed by atoms with Crippen LogP contribution in [0.1, 0.15) is 19.8 Å². The Morgan fingerprint density at radius 2 is 1.92 bits per heavy atom. The summed E-state index contributed by atoms with van der Waals surface area (Å²) in [5.74, 6) is -2.19. The van der Waals surface area contributed by atoms with Crippen LogP contribution in [0.5, 0.6) is 0 Å². The third kappa shape index (κ3) is 2.70. The summed E-state index contributed by atoms with van der Waals surface area (Å²) in [7, 11) is 0. The van der Waals surface area contributed by atoms with Crippen molar-refractivity contribution in [3.63, 3.8) is 0 Å². The van der Waals surface area contributed by atoms with Gasteiger partial charge in [-0.1, -0.05) is 23.5 Å². The monoisotopic (exact) mass is 373 g/mol. The molecule has 1 aromatic carbocycles. The molecule has 0 spiro atoms. The quantitative estimate of drug-likeness (QED) is 0.663. The van der Waals surface area contributed by atoms with Crippen LogP contribution >= 0.6 is 11.3 Å². The highest BCUT2D eigenvalue weighted by molar-refractivity contribution is 7.22. The molecule has 1 fully saturated rings. The molecule has 3 amide bonds. The van der Waals surface area contributed by atoms with Crippen LogP contribution in [0.25, 0.3) is 10.2 Å². The molecule has 1 N–H and O–H groups in total. The van der Waals surface area contributed by atoms with Crippen molar-refractivity contribution < 1.29 is 18.8 Å². The van der Waals surface area contributed by atoms with Gasteiger partial charge in [0.05, 0.1) is 22.1 Å². The summed E-state index contributed by atoms with van der Waals surface area (Å²) in [6, 6.07) is 3.25. The summed E-state index contributed by atoms with van der Waals surface area (Å²) in [5.41, 5.74) is 0.574. The first-order chi connectivity index (χ1) is 12.5. The normalized spacial score (nSPS) is 23.4. The average Bonchev–Trinajstić information content (AvgIpc) is 3.13. The summed E-state index contributed by atoms with van der Waals surface area (Å²) in [6.45, 7) is 1.53. The largest absolute Gasteiger partial charge is 0.300 e. The Morgan fingerprint density at radius 3 is 2.58 bits per heavy atom. The maximum atomic E-state index is 13.3. The van der Waals surface area contributed by atoms with E-state index in [1.165, 1.54) is 25.1 Å². The lowest BCUT2D eigenvalue weighted by molar-refractivity contribution is -0.146. The zero-order chi connectivity index (χ0) is 18.4.